The van der Waals surface area contributed by atoms with Gasteiger partial charge in [-0.3, -0.25) is 4.55 Å². The molecule has 39 heavy (non-hydrogen) atoms. The molecule has 0 bridgehead atoms. The summed E-state index contributed by atoms with van der Waals surface area (Å²) in [6, 6.07) is 0. The second kappa shape index (κ2) is 10.6. The zero-order valence-corrected chi connectivity index (χ0v) is 23.6. The Hall–Kier alpha value is -0.670. The van der Waals surface area contributed by atoms with Crippen LogP contribution in [0.25, 0.3) is 0 Å². The van der Waals surface area contributed by atoms with Gasteiger partial charge in [-0.1, -0.05) is 25.5 Å². The second-order valence-corrected chi connectivity index (χ2v) is 14.2. The molecule has 3 saturated carbocycles. The first-order chi connectivity index (χ1) is 18.2. The molecule has 1 unspecified atom stereocenters. The normalized spacial score (nSPS) is 50.9. The average Bonchev–Trinajstić information content (AvgIpc) is 3.15. The van der Waals surface area contributed by atoms with Gasteiger partial charge in [-0.25, -0.2) is 4.18 Å². The van der Waals surface area contributed by atoms with Crippen LogP contribution in [0, 0.1) is 34.5 Å². The molecule has 4 fully saturated rings. The van der Waals surface area contributed by atoms with Crippen LogP contribution in [0.2, 0.25) is 0 Å². The largest absolute Gasteiger partial charge is 0.397 e. The lowest BCUT2D eigenvalue weighted by atomic mass is 9.47. The van der Waals surface area contributed by atoms with E-state index >= 15 is 0 Å². The molecule has 0 spiro atoms. The Bertz CT molecular complexity index is 1050. The molecule has 1 saturated heterocycles. The van der Waals surface area contributed by atoms with Crippen LogP contribution >= 0.6 is 0 Å². The van der Waals surface area contributed by atoms with E-state index in [1.54, 1.807) is 6.92 Å². The Labute approximate surface area is 230 Å². The maximum absolute atomic E-state index is 11.0. The van der Waals surface area contributed by atoms with Crippen LogP contribution < -0.4 is 0 Å². The number of allylic oxidation sites excluding steroid dienone is 1. The first-order valence-electron chi connectivity index (χ1n) is 14.2. The van der Waals surface area contributed by atoms with Crippen molar-refractivity contribution in [1.82, 2.24) is 0 Å². The van der Waals surface area contributed by atoms with Gasteiger partial charge in [-0.2, -0.15) is 8.42 Å². The Morgan fingerprint density at radius 1 is 1.08 bits per heavy atom. The van der Waals surface area contributed by atoms with Crippen molar-refractivity contribution in [3.05, 3.63) is 11.6 Å². The molecule has 0 amide bonds. The van der Waals surface area contributed by atoms with E-state index in [1.807, 2.05) is 0 Å². The maximum Gasteiger partial charge on any atom is 0.397 e. The van der Waals surface area contributed by atoms with Crippen LogP contribution in [0.1, 0.15) is 65.7 Å². The van der Waals surface area contributed by atoms with E-state index in [0.717, 1.165) is 38.5 Å². The quantitative estimate of drug-likeness (QED) is 0.195. The highest BCUT2D eigenvalue weighted by Crippen LogP contribution is 2.67. The fourth-order valence-electron chi connectivity index (χ4n) is 9.16. The van der Waals surface area contributed by atoms with Gasteiger partial charge in [-0.05, 0) is 80.5 Å². The first-order valence-corrected chi connectivity index (χ1v) is 15.5. The summed E-state index contributed by atoms with van der Waals surface area (Å²) >= 11 is 0. The van der Waals surface area contributed by atoms with Crippen LogP contribution in [0.4, 0.5) is 0 Å². The van der Waals surface area contributed by atoms with Crippen molar-refractivity contribution in [2.24, 2.45) is 34.5 Å². The van der Waals surface area contributed by atoms with Gasteiger partial charge in [-0.15, -0.1) is 0 Å². The van der Waals surface area contributed by atoms with Crippen molar-refractivity contribution in [2.45, 2.75) is 115 Å². The van der Waals surface area contributed by atoms with Crippen LogP contribution in [0.15, 0.2) is 11.6 Å². The Morgan fingerprint density at radius 2 is 1.79 bits per heavy atom. The molecular formula is C27H44O11S. The summed E-state index contributed by atoms with van der Waals surface area (Å²) in [5, 5.41) is 52.7. The summed E-state index contributed by atoms with van der Waals surface area (Å²) in [6.45, 7) is 5.51. The fraction of sp³-hybridized carbons (Fsp3) is 0.926. The molecule has 12 heteroatoms. The van der Waals surface area contributed by atoms with Gasteiger partial charge in [0.05, 0.1) is 24.9 Å². The predicted molar refractivity (Wildman–Crippen MR) is 137 cm³/mol. The van der Waals surface area contributed by atoms with Gasteiger partial charge in [0.2, 0.25) is 0 Å². The van der Waals surface area contributed by atoms with Crippen molar-refractivity contribution in [3.63, 3.8) is 0 Å². The highest BCUT2D eigenvalue weighted by molar-refractivity contribution is 7.80. The minimum Gasteiger partial charge on any atom is -0.393 e. The lowest BCUT2D eigenvalue weighted by Gasteiger charge is -2.58. The molecule has 5 rings (SSSR count). The standard InChI is InChI=1S/C27H44O11S/c1-13(28)21-19(37-25-24(32)23(31)22(30)20(38-25)12-36-39(33,34)35)11-18-16-5-4-14-10-15(29)6-8-26(14,2)17(16)7-9-27(18,21)3/h4,13,15-25,28-32H,5-12H2,1-3H3,(H,33,34,35)/t13?,15-,16+,17-,18-,19+,20+,21-,22+,23-,24+,25+,26-,27-/m0/s1. The van der Waals surface area contributed by atoms with Crippen molar-refractivity contribution < 1.29 is 52.2 Å². The average molecular weight is 577 g/mol. The van der Waals surface area contributed by atoms with Gasteiger partial charge in [0.1, 0.15) is 24.4 Å². The van der Waals surface area contributed by atoms with Crippen molar-refractivity contribution >= 4 is 10.4 Å². The monoisotopic (exact) mass is 576 g/mol. The Morgan fingerprint density at radius 3 is 2.46 bits per heavy atom. The molecule has 11 nitrogen and oxygen atoms in total. The Balaban J connectivity index is 1.37. The van der Waals surface area contributed by atoms with Gasteiger partial charge >= 0.3 is 10.4 Å². The van der Waals surface area contributed by atoms with E-state index in [4.69, 9.17) is 14.0 Å². The van der Waals surface area contributed by atoms with Gasteiger partial charge in [0, 0.05) is 5.92 Å². The molecule has 5 aliphatic rings. The number of aliphatic hydroxyl groups excluding tert-OH is 5. The van der Waals surface area contributed by atoms with E-state index in [9.17, 15) is 34.0 Å². The molecule has 1 aliphatic heterocycles. The predicted octanol–water partition coefficient (Wildman–Crippen LogP) is 0.929. The molecule has 4 aliphatic carbocycles. The minimum atomic E-state index is -4.82. The molecule has 6 N–H and O–H groups in total. The molecule has 1 heterocycles. The van der Waals surface area contributed by atoms with Crippen molar-refractivity contribution in [2.75, 3.05) is 6.61 Å². The van der Waals surface area contributed by atoms with Crippen molar-refractivity contribution in [3.8, 4) is 0 Å². The number of aliphatic hydroxyl groups is 5. The van der Waals surface area contributed by atoms with E-state index in [1.165, 1.54) is 5.57 Å². The molecule has 0 radical (unpaired) electrons. The lowest BCUT2D eigenvalue weighted by Crippen LogP contribution is -2.60. The number of ether oxygens (including phenoxy) is 2. The smallest absolute Gasteiger partial charge is 0.393 e. The summed E-state index contributed by atoms with van der Waals surface area (Å²) in [7, 11) is -4.82. The number of fused-ring (bicyclic) bond motifs is 5. The van der Waals surface area contributed by atoms with Gasteiger partial charge in [0.15, 0.2) is 6.29 Å². The molecule has 224 valence electrons. The van der Waals surface area contributed by atoms with Gasteiger partial charge in [0.25, 0.3) is 0 Å². The number of rotatable bonds is 6. The third-order valence-electron chi connectivity index (χ3n) is 11.0. The Kier molecular flexibility index (Phi) is 8.07. The van der Waals surface area contributed by atoms with Crippen LogP contribution in [0.5, 0.6) is 0 Å². The van der Waals surface area contributed by atoms with Gasteiger partial charge < -0.3 is 35.0 Å². The van der Waals surface area contributed by atoms with Crippen molar-refractivity contribution in [1.29, 1.82) is 0 Å². The minimum absolute atomic E-state index is 0.0476. The summed E-state index contributed by atoms with van der Waals surface area (Å²) in [6.07, 6.45) is -1.02. The molecule has 14 atom stereocenters. The van der Waals surface area contributed by atoms with Crippen LogP contribution in [-0.2, 0) is 24.1 Å². The highest BCUT2D eigenvalue weighted by atomic mass is 32.3. The maximum atomic E-state index is 11.0. The molecular weight excluding hydrogens is 532 g/mol. The summed E-state index contributed by atoms with van der Waals surface area (Å²) < 4.78 is 47.3. The van der Waals surface area contributed by atoms with E-state index in [-0.39, 0.29) is 28.8 Å². The zero-order chi connectivity index (χ0) is 28.5. The summed E-state index contributed by atoms with van der Waals surface area (Å²) in [5.74, 6) is 0.800. The van der Waals surface area contributed by atoms with Crippen LogP contribution in [-0.4, -0.2) is 94.1 Å². The zero-order valence-electron chi connectivity index (χ0n) is 22.8. The van der Waals surface area contributed by atoms with E-state index < -0.39 is 59.9 Å². The summed E-state index contributed by atoms with van der Waals surface area (Å²) in [5.41, 5.74) is 1.18. The van der Waals surface area contributed by atoms with Crippen LogP contribution in [0.3, 0.4) is 0 Å². The SMILES string of the molecule is CC(O)[C@H]1[C@H](O[C@@H]2O[C@H](COS(=O)(=O)O)[C@@H](O)[C@H](O)[C@H]2O)C[C@H]2[C@@H]3CC=C4C[C@@H](O)CC[C@]4(C)[C@H]3CC[C@@]21C. The third-order valence-corrected chi connectivity index (χ3v) is 11.5. The molecule has 0 aromatic carbocycles. The molecule has 0 aromatic rings. The van der Waals surface area contributed by atoms with E-state index in [0.29, 0.717) is 18.3 Å². The number of hydrogen-bond acceptors (Lipinski definition) is 10. The highest BCUT2D eigenvalue weighted by Gasteiger charge is 2.63. The second-order valence-electron chi connectivity index (χ2n) is 13.1. The fourth-order valence-corrected chi connectivity index (χ4v) is 9.47. The molecule has 0 aromatic heterocycles. The van der Waals surface area contributed by atoms with E-state index in [2.05, 4.69) is 24.1 Å². The topological polar surface area (TPSA) is 183 Å². The lowest BCUT2D eigenvalue weighted by molar-refractivity contribution is -0.315. The first kappa shape index (κ1) is 29.8. The summed E-state index contributed by atoms with van der Waals surface area (Å²) in [4.78, 5) is 0. The third kappa shape index (κ3) is 5.24. The number of hydrogen-bond donors (Lipinski definition) is 6.